The van der Waals surface area contributed by atoms with Gasteiger partial charge in [-0.3, -0.25) is 0 Å². The van der Waals surface area contributed by atoms with E-state index < -0.39 is 10.1 Å². The van der Waals surface area contributed by atoms with Gasteiger partial charge in [0.25, 0.3) is 0 Å². The first-order valence-corrected chi connectivity index (χ1v) is 7.08. The molecule has 0 bridgehead atoms. The smallest absolute Gasteiger partial charge is 0.332 e. The topological polar surface area (TPSA) is 74.1 Å². The van der Waals surface area contributed by atoms with Crippen molar-refractivity contribution in [2.24, 2.45) is 0 Å². The van der Waals surface area contributed by atoms with E-state index in [2.05, 4.69) is 10.1 Å². The van der Waals surface area contributed by atoms with Gasteiger partial charge in [-0.05, 0) is 25.5 Å². The predicted molar refractivity (Wildman–Crippen MR) is 69.4 cm³/mol. The second-order valence-corrected chi connectivity index (χ2v) is 5.67. The molecule has 0 unspecified atom stereocenters. The molecular formula is C12H11N3O3S. The van der Waals surface area contributed by atoms with Crippen LogP contribution in [0.1, 0.15) is 17.0 Å². The zero-order valence-corrected chi connectivity index (χ0v) is 11.2. The highest BCUT2D eigenvalue weighted by Gasteiger charge is 2.23. The molecule has 3 rings (SSSR count). The Morgan fingerprint density at radius 3 is 2.74 bits per heavy atom. The fourth-order valence-corrected chi connectivity index (χ4v) is 2.76. The summed E-state index contributed by atoms with van der Waals surface area (Å²) in [6.07, 6.45) is 2.94. The summed E-state index contributed by atoms with van der Waals surface area (Å²) in [7, 11) is -3.68. The summed E-state index contributed by atoms with van der Waals surface area (Å²) in [5, 5.41) is 5.15. The summed E-state index contributed by atoms with van der Waals surface area (Å²) in [5.74, 6) is 0.947. The maximum Gasteiger partial charge on any atom is 0.332 e. The maximum atomic E-state index is 11.6. The van der Waals surface area contributed by atoms with Gasteiger partial charge in [0.05, 0.1) is 5.41 Å². The molecule has 7 heteroatoms. The van der Waals surface area contributed by atoms with Gasteiger partial charge in [-0.15, -0.1) is 0 Å². The van der Waals surface area contributed by atoms with Gasteiger partial charge in [-0.2, -0.15) is 13.5 Å². The highest BCUT2D eigenvalue weighted by atomic mass is 32.2. The first-order chi connectivity index (χ1) is 8.98. The largest absolute Gasteiger partial charge is 0.376 e. The van der Waals surface area contributed by atoms with Gasteiger partial charge in [0.2, 0.25) is 0 Å². The van der Waals surface area contributed by atoms with Crippen LogP contribution < -0.4 is 4.18 Å². The van der Waals surface area contributed by atoms with E-state index in [1.165, 1.54) is 12.4 Å². The normalized spacial score (nSPS) is 15.9. The van der Waals surface area contributed by atoms with Gasteiger partial charge in [-0.25, -0.2) is 9.67 Å². The number of rotatable bonds is 1. The molecule has 0 radical (unpaired) electrons. The van der Waals surface area contributed by atoms with Crippen LogP contribution in [0.5, 0.6) is 5.75 Å². The molecule has 0 fully saturated rings. The predicted octanol–water partition coefficient (Wildman–Crippen LogP) is 1.58. The maximum absolute atomic E-state index is 11.6. The van der Waals surface area contributed by atoms with E-state index in [1.54, 1.807) is 11.6 Å². The zero-order valence-electron chi connectivity index (χ0n) is 10.4. The summed E-state index contributed by atoms with van der Waals surface area (Å²) in [6.45, 7) is 3.66. The molecule has 0 saturated heterocycles. The molecule has 1 aromatic carbocycles. The SMILES string of the molecule is Cc1ccc2c(c1-n1ncnc1C)OS(=O)(=O)C=C2. The van der Waals surface area contributed by atoms with Crippen molar-refractivity contribution in [1.82, 2.24) is 14.8 Å². The van der Waals surface area contributed by atoms with E-state index in [9.17, 15) is 8.42 Å². The highest BCUT2D eigenvalue weighted by molar-refractivity contribution is 7.90. The molecule has 0 aliphatic carbocycles. The second kappa shape index (κ2) is 3.92. The number of aryl methyl sites for hydroxylation is 2. The monoisotopic (exact) mass is 277 g/mol. The van der Waals surface area contributed by atoms with E-state index >= 15 is 0 Å². The van der Waals surface area contributed by atoms with Crippen molar-refractivity contribution in [3.8, 4) is 11.4 Å². The van der Waals surface area contributed by atoms with E-state index in [-0.39, 0.29) is 5.75 Å². The van der Waals surface area contributed by atoms with Crippen molar-refractivity contribution < 1.29 is 12.6 Å². The van der Waals surface area contributed by atoms with Crippen molar-refractivity contribution >= 4 is 16.2 Å². The molecule has 0 atom stereocenters. The van der Waals surface area contributed by atoms with Crippen LogP contribution in [-0.2, 0) is 10.1 Å². The summed E-state index contributed by atoms with van der Waals surface area (Å²) in [4.78, 5) is 4.05. The Morgan fingerprint density at radius 1 is 1.26 bits per heavy atom. The molecule has 6 nitrogen and oxygen atoms in total. The second-order valence-electron chi connectivity index (χ2n) is 4.25. The third-order valence-electron chi connectivity index (χ3n) is 2.91. The van der Waals surface area contributed by atoms with E-state index in [0.29, 0.717) is 17.1 Å². The average Bonchev–Trinajstić information content (AvgIpc) is 2.74. The van der Waals surface area contributed by atoms with Crippen molar-refractivity contribution in [2.45, 2.75) is 13.8 Å². The molecule has 2 aromatic rings. The third kappa shape index (κ3) is 1.91. The van der Waals surface area contributed by atoms with Gasteiger partial charge in [0.15, 0.2) is 5.75 Å². The van der Waals surface area contributed by atoms with Crippen LogP contribution in [0.3, 0.4) is 0 Å². The van der Waals surface area contributed by atoms with Gasteiger partial charge in [0, 0.05) is 5.56 Å². The molecule has 1 aliphatic rings. The van der Waals surface area contributed by atoms with Crippen molar-refractivity contribution in [3.63, 3.8) is 0 Å². The molecular weight excluding hydrogens is 266 g/mol. The van der Waals surface area contributed by atoms with Crippen LogP contribution in [0.15, 0.2) is 23.9 Å². The standard InChI is InChI=1S/C12H11N3O3S/c1-8-3-4-10-5-6-19(16,17)18-12(10)11(8)15-9(2)13-7-14-15/h3-7H,1-2H3. The van der Waals surface area contributed by atoms with E-state index in [0.717, 1.165) is 11.0 Å². The number of benzene rings is 1. The van der Waals surface area contributed by atoms with E-state index in [1.807, 2.05) is 19.1 Å². The molecule has 0 amide bonds. The van der Waals surface area contributed by atoms with Crippen molar-refractivity contribution in [2.75, 3.05) is 0 Å². The fourth-order valence-electron chi connectivity index (χ4n) is 1.99. The fraction of sp³-hybridized carbons (Fsp3) is 0.167. The lowest BCUT2D eigenvalue weighted by Gasteiger charge is -2.18. The minimum absolute atomic E-state index is 0.288. The summed E-state index contributed by atoms with van der Waals surface area (Å²) in [5.41, 5.74) is 2.16. The first-order valence-electron chi connectivity index (χ1n) is 5.61. The van der Waals surface area contributed by atoms with Gasteiger partial charge in [-0.1, -0.05) is 12.1 Å². The quantitative estimate of drug-likeness (QED) is 0.740. The lowest BCUT2D eigenvalue weighted by Crippen LogP contribution is -2.14. The minimum atomic E-state index is -3.68. The third-order valence-corrected chi connectivity index (χ3v) is 3.78. The number of fused-ring (bicyclic) bond motifs is 1. The zero-order chi connectivity index (χ0) is 13.6. The molecule has 2 heterocycles. The van der Waals surface area contributed by atoms with Crippen LogP contribution in [0.25, 0.3) is 11.8 Å². The Kier molecular flexibility index (Phi) is 2.46. The molecule has 19 heavy (non-hydrogen) atoms. The van der Waals surface area contributed by atoms with Crippen molar-refractivity contribution in [1.29, 1.82) is 0 Å². The van der Waals surface area contributed by atoms with Gasteiger partial charge >= 0.3 is 10.1 Å². The number of nitrogens with zero attached hydrogens (tertiary/aromatic N) is 3. The Balaban J connectivity index is 2.33. The number of aromatic nitrogens is 3. The lowest BCUT2D eigenvalue weighted by molar-refractivity contribution is 0.491. The molecule has 1 aliphatic heterocycles. The van der Waals surface area contributed by atoms with E-state index in [4.69, 9.17) is 4.18 Å². The van der Waals surface area contributed by atoms with Gasteiger partial charge < -0.3 is 4.18 Å². The molecule has 0 spiro atoms. The summed E-state index contributed by atoms with van der Waals surface area (Å²) in [6, 6.07) is 3.70. The Hall–Kier alpha value is -2.15. The Labute approximate surface area is 110 Å². The summed E-state index contributed by atoms with van der Waals surface area (Å²) < 4.78 is 29.8. The Morgan fingerprint density at radius 2 is 2.05 bits per heavy atom. The van der Waals surface area contributed by atoms with Crippen LogP contribution in [0, 0.1) is 13.8 Å². The minimum Gasteiger partial charge on any atom is -0.376 e. The molecule has 0 N–H and O–H groups in total. The van der Waals surface area contributed by atoms with Crippen LogP contribution >= 0.6 is 0 Å². The van der Waals surface area contributed by atoms with Crippen LogP contribution in [-0.4, -0.2) is 23.2 Å². The van der Waals surface area contributed by atoms with Crippen LogP contribution in [0.2, 0.25) is 0 Å². The summed E-state index contributed by atoms with van der Waals surface area (Å²) >= 11 is 0. The molecule has 1 aromatic heterocycles. The first kappa shape index (κ1) is 11.9. The highest BCUT2D eigenvalue weighted by Crippen LogP contribution is 2.35. The molecule has 98 valence electrons. The van der Waals surface area contributed by atoms with Gasteiger partial charge in [0.1, 0.15) is 17.8 Å². The molecule has 0 saturated carbocycles. The number of hydrogen-bond acceptors (Lipinski definition) is 5. The average molecular weight is 277 g/mol. The lowest BCUT2D eigenvalue weighted by atomic mass is 10.1. The Bertz CT molecular complexity index is 791. The number of hydrogen-bond donors (Lipinski definition) is 0. The van der Waals surface area contributed by atoms with Crippen LogP contribution in [0.4, 0.5) is 0 Å². The van der Waals surface area contributed by atoms with Crippen molar-refractivity contribution in [3.05, 3.63) is 40.8 Å².